The first-order valence-electron chi connectivity index (χ1n) is 6.14. The van der Waals surface area contributed by atoms with E-state index in [9.17, 15) is 14.6 Å². The summed E-state index contributed by atoms with van der Waals surface area (Å²) >= 11 is 0. The number of hydrogen-bond acceptors (Lipinski definition) is 3. The zero-order valence-corrected chi connectivity index (χ0v) is 10.8. The molecule has 3 aromatic rings. The van der Waals surface area contributed by atoms with Crippen molar-refractivity contribution in [2.45, 2.75) is 6.92 Å². The third-order valence-electron chi connectivity index (χ3n) is 3.24. The Bertz CT molecular complexity index is 815. The van der Waals surface area contributed by atoms with Crippen molar-refractivity contribution in [3.8, 4) is 22.8 Å². The molecule has 0 aliphatic carbocycles. The molecular formula is C16H12FNO2. The van der Waals surface area contributed by atoms with Gasteiger partial charge in [-0.2, -0.15) is 0 Å². The largest absolute Gasteiger partial charge is 0.508 e. The number of rotatable bonds is 1. The number of phenolic OH excluding ortho intramolecular Hbond substituents is 2. The first-order valence-corrected chi connectivity index (χ1v) is 6.14. The van der Waals surface area contributed by atoms with Crippen molar-refractivity contribution in [1.82, 2.24) is 4.98 Å². The molecule has 0 radical (unpaired) electrons. The number of phenols is 2. The minimum absolute atomic E-state index is 0.186. The van der Waals surface area contributed by atoms with Crippen LogP contribution in [0.1, 0.15) is 5.56 Å². The molecule has 0 aliphatic rings. The van der Waals surface area contributed by atoms with Gasteiger partial charge in [-0.15, -0.1) is 0 Å². The van der Waals surface area contributed by atoms with Crippen LogP contribution in [0.3, 0.4) is 0 Å². The second-order valence-corrected chi connectivity index (χ2v) is 4.69. The van der Waals surface area contributed by atoms with E-state index < -0.39 is 5.82 Å². The standard InChI is InChI=1S/C16H12FNO2/c1-9-6-15(10-2-5-16(20)13(17)7-10)18-14-4-3-11(19)8-12(9)14/h2-8,19-20H,1H3. The van der Waals surface area contributed by atoms with Gasteiger partial charge in [-0.25, -0.2) is 9.37 Å². The number of halogens is 1. The summed E-state index contributed by atoms with van der Waals surface area (Å²) in [6.07, 6.45) is 0. The van der Waals surface area contributed by atoms with Gasteiger partial charge in [-0.05, 0) is 55.0 Å². The van der Waals surface area contributed by atoms with Crippen LogP contribution in [-0.4, -0.2) is 15.2 Å². The molecule has 100 valence electrons. The fourth-order valence-electron chi connectivity index (χ4n) is 2.20. The topological polar surface area (TPSA) is 53.4 Å². The summed E-state index contributed by atoms with van der Waals surface area (Å²) in [5.41, 5.74) is 2.89. The molecule has 1 aromatic heterocycles. The quantitative estimate of drug-likeness (QED) is 0.707. The van der Waals surface area contributed by atoms with Crippen molar-refractivity contribution < 1.29 is 14.6 Å². The fraction of sp³-hybridized carbons (Fsp3) is 0.0625. The maximum Gasteiger partial charge on any atom is 0.165 e. The van der Waals surface area contributed by atoms with Crippen LogP contribution < -0.4 is 0 Å². The van der Waals surface area contributed by atoms with Crippen LogP contribution in [0, 0.1) is 12.7 Å². The molecule has 0 bridgehead atoms. The predicted octanol–water partition coefficient (Wildman–Crippen LogP) is 3.76. The Labute approximate surface area is 115 Å². The lowest BCUT2D eigenvalue weighted by atomic mass is 10.0. The number of pyridine rings is 1. The van der Waals surface area contributed by atoms with Crippen LogP contribution in [0.2, 0.25) is 0 Å². The number of aryl methyl sites for hydroxylation is 1. The van der Waals surface area contributed by atoms with E-state index in [-0.39, 0.29) is 11.5 Å². The number of benzene rings is 2. The first-order chi connectivity index (χ1) is 9.54. The van der Waals surface area contributed by atoms with Crippen LogP contribution in [0.5, 0.6) is 11.5 Å². The van der Waals surface area contributed by atoms with E-state index in [2.05, 4.69) is 4.98 Å². The van der Waals surface area contributed by atoms with Crippen LogP contribution in [0.25, 0.3) is 22.2 Å². The number of aromatic nitrogens is 1. The number of aromatic hydroxyl groups is 2. The highest BCUT2D eigenvalue weighted by molar-refractivity contribution is 5.86. The molecule has 0 saturated heterocycles. The molecule has 20 heavy (non-hydrogen) atoms. The van der Waals surface area contributed by atoms with Gasteiger partial charge in [0, 0.05) is 10.9 Å². The summed E-state index contributed by atoms with van der Waals surface area (Å²) in [6, 6.07) is 10.9. The maximum atomic E-state index is 13.4. The molecule has 0 atom stereocenters. The van der Waals surface area contributed by atoms with E-state index in [0.717, 1.165) is 16.5 Å². The Kier molecular flexibility index (Phi) is 2.79. The lowest BCUT2D eigenvalue weighted by Crippen LogP contribution is -1.89. The van der Waals surface area contributed by atoms with Crippen molar-refractivity contribution in [3.05, 3.63) is 53.8 Å². The summed E-state index contributed by atoms with van der Waals surface area (Å²) in [7, 11) is 0. The molecule has 3 rings (SSSR count). The van der Waals surface area contributed by atoms with Crippen molar-refractivity contribution in [1.29, 1.82) is 0 Å². The maximum absolute atomic E-state index is 13.4. The van der Waals surface area contributed by atoms with Gasteiger partial charge in [0.1, 0.15) is 5.75 Å². The SMILES string of the molecule is Cc1cc(-c2ccc(O)c(F)c2)nc2ccc(O)cc12. The van der Waals surface area contributed by atoms with E-state index in [4.69, 9.17) is 0 Å². The van der Waals surface area contributed by atoms with Crippen LogP contribution in [0.4, 0.5) is 4.39 Å². The third kappa shape index (κ3) is 2.05. The van der Waals surface area contributed by atoms with Gasteiger partial charge < -0.3 is 10.2 Å². The van der Waals surface area contributed by atoms with Gasteiger partial charge in [0.15, 0.2) is 11.6 Å². The number of hydrogen-bond donors (Lipinski definition) is 2. The predicted molar refractivity (Wildman–Crippen MR) is 75.2 cm³/mol. The Hall–Kier alpha value is -2.62. The van der Waals surface area contributed by atoms with E-state index in [1.807, 2.05) is 13.0 Å². The molecule has 0 spiro atoms. The molecule has 3 nitrogen and oxygen atoms in total. The van der Waals surface area contributed by atoms with Crippen molar-refractivity contribution in [3.63, 3.8) is 0 Å². The fourth-order valence-corrected chi connectivity index (χ4v) is 2.20. The van der Waals surface area contributed by atoms with Crippen LogP contribution in [-0.2, 0) is 0 Å². The molecule has 4 heteroatoms. The molecule has 0 saturated carbocycles. The van der Waals surface area contributed by atoms with E-state index in [1.54, 1.807) is 24.3 Å². The Morgan fingerprint density at radius 1 is 1.00 bits per heavy atom. The summed E-state index contributed by atoms with van der Waals surface area (Å²) < 4.78 is 13.4. The van der Waals surface area contributed by atoms with E-state index in [1.165, 1.54) is 12.1 Å². The second kappa shape index (κ2) is 4.49. The van der Waals surface area contributed by atoms with Gasteiger partial charge in [-0.3, -0.25) is 0 Å². The van der Waals surface area contributed by atoms with Crippen molar-refractivity contribution >= 4 is 10.9 Å². The number of fused-ring (bicyclic) bond motifs is 1. The monoisotopic (exact) mass is 269 g/mol. The highest BCUT2D eigenvalue weighted by Crippen LogP contribution is 2.28. The molecule has 0 unspecified atom stereocenters. The van der Waals surface area contributed by atoms with Gasteiger partial charge in [-0.1, -0.05) is 0 Å². The van der Waals surface area contributed by atoms with E-state index >= 15 is 0 Å². The smallest absolute Gasteiger partial charge is 0.165 e. The summed E-state index contributed by atoms with van der Waals surface area (Å²) in [5, 5.41) is 19.6. The molecule has 2 aromatic carbocycles. The Balaban J connectivity index is 2.21. The van der Waals surface area contributed by atoms with Gasteiger partial charge in [0.25, 0.3) is 0 Å². The van der Waals surface area contributed by atoms with E-state index in [0.29, 0.717) is 11.3 Å². The van der Waals surface area contributed by atoms with Gasteiger partial charge >= 0.3 is 0 Å². The summed E-state index contributed by atoms with van der Waals surface area (Å²) in [6.45, 7) is 1.91. The molecule has 0 amide bonds. The zero-order valence-electron chi connectivity index (χ0n) is 10.8. The first kappa shape index (κ1) is 12.4. The molecular weight excluding hydrogens is 257 g/mol. The molecule has 1 heterocycles. The second-order valence-electron chi connectivity index (χ2n) is 4.69. The van der Waals surface area contributed by atoms with Gasteiger partial charge in [0.2, 0.25) is 0 Å². The highest BCUT2D eigenvalue weighted by Gasteiger charge is 2.08. The summed E-state index contributed by atoms with van der Waals surface area (Å²) in [5.74, 6) is -0.866. The lowest BCUT2D eigenvalue weighted by molar-refractivity contribution is 0.432. The average molecular weight is 269 g/mol. The molecule has 0 fully saturated rings. The van der Waals surface area contributed by atoms with Crippen molar-refractivity contribution in [2.24, 2.45) is 0 Å². The molecule has 2 N–H and O–H groups in total. The van der Waals surface area contributed by atoms with Crippen molar-refractivity contribution in [2.75, 3.05) is 0 Å². The zero-order chi connectivity index (χ0) is 14.3. The molecule has 0 aliphatic heterocycles. The third-order valence-corrected chi connectivity index (χ3v) is 3.24. The van der Waals surface area contributed by atoms with Crippen LogP contribution in [0.15, 0.2) is 42.5 Å². The number of nitrogens with zero attached hydrogens (tertiary/aromatic N) is 1. The lowest BCUT2D eigenvalue weighted by Gasteiger charge is -2.07. The minimum Gasteiger partial charge on any atom is -0.508 e. The van der Waals surface area contributed by atoms with Gasteiger partial charge in [0.05, 0.1) is 11.2 Å². The summed E-state index contributed by atoms with van der Waals surface area (Å²) in [4.78, 5) is 4.46. The average Bonchev–Trinajstić information content (AvgIpc) is 2.42. The Morgan fingerprint density at radius 3 is 2.55 bits per heavy atom. The van der Waals surface area contributed by atoms with Crippen LogP contribution >= 0.6 is 0 Å². The Morgan fingerprint density at radius 2 is 1.80 bits per heavy atom. The normalized spacial score (nSPS) is 10.9. The minimum atomic E-state index is -0.673. The highest BCUT2D eigenvalue weighted by atomic mass is 19.1.